The molecule has 0 heterocycles. The van der Waals surface area contributed by atoms with Crippen molar-refractivity contribution in [2.75, 3.05) is 11.9 Å². The van der Waals surface area contributed by atoms with Crippen LogP contribution in [-0.4, -0.2) is 24.3 Å². The standard InChI is InChI=1S/C22H24N4O3/c1-3-29-20(27)13-16(2)21(28)18-9-11-19(12-10-18)26-22(25-15-23)24-14-17-7-5-4-6-8-17/h4-12,16H,3,13-14H2,1-2H3,(H2,24,25,26). The molecule has 0 aromatic heterocycles. The highest BCUT2D eigenvalue weighted by molar-refractivity contribution is 6.00. The summed E-state index contributed by atoms with van der Waals surface area (Å²) in [5.41, 5.74) is 2.23. The Bertz CT molecular complexity index is 887. The maximum atomic E-state index is 12.5. The Morgan fingerprint density at radius 1 is 1.14 bits per heavy atom. The van der Waals surface area contributed by atoms with Crippen LogP contribution in [0.1, 0.15) is 36.2 Å². The number of carbonyl (C=O) groups excluding carboxylic acids is 2. The molecule has 29 heavy (non-hydrogen) atoms. The van der Waals surface area contributed by atoms with Gasteiger partial charge in [-0.2, -0.15) is 5.26 Å². The second-order valence-corrected chi connectivity index (χ2v) is 6.38. The van der Waals surface area contributed by atoms with Crippen molar-refractivity contribution < 1.29 is 14.3 Å². The van der Waals surface area contributed by atoms with E-state index in [2.05, 4.69) is 15.6 Å². The van der Waals surface area contributed by atoms with Gasteiger partial charge in [0.25, 0.3) is 0 Å². The summed E-state index contributed by atoms with van der Waals surface area (Å²) in [5.74, 6) is -0.659. The summed E-state index contributed by atoms with van der Waals surface area (Å²) in [7, 11) is 0. The van der Waals surface area contributed by atoms with Crippen LogP contribution in [0.5, 0.6) is 0 Å². The Morgan fingerprint density at radius 2 is 1.83 bits per heavy atom. The van der Waals surface area contributed by atoms with Gasteiger partial charge in [0.1, 0.15) is 0 Å². The number of Topliss-reactive ketones (excluding diaryl/α,β-unsaturated/α-hetero) is 1. The zero-order chi connectivity index (χ0) is 21.1. The fraction of sp³-hybridized carbons (Fsp3) is 0.273. The third-order valence-electron chi connectivity index (χ3n) is 4.12. The van der Waals surface area contributed by atoms with Crippen LogP contribution in [0.15, 0.2) is 59.6 Å². The molecular formula is C22H24N4O3. The van der Waals surface area contributed by atoms with Crippen LogP contribution in [0.2, 0.25) is 0 Å². The molecule has 150 valence electrons. The lowest BCUT2D eigenvalue weighted by Gasteiger charge is -2.13. The number of benzene rings is 2. The van der Waals surface area contributed by atoms with Crippen LogP contribution in [0, 0.1) is 17.4 Å². The number of nitrogens with one attached hydrogen (secondary N) is 2. The van der Waals surface area contributed by atoms with E-state index in [9.17, 15) is 9.59 Å². The van der Waals surface area contributed by atoms with Gasteiger partial charge in [-0.15, -0.1) is 4.99 Å². The van der Waals surface area contributed by atoms with Gasteiger partial charge in [0, 0.05) is 23.7 Å². The molecule has 0 aliphatic heterocycles. The molecule has 0 radical (unpaired) electrons. The Labute approximate surface area is 170 Å². The first-order chi connectivity index (χ1) is 14.0. The van der Waals surface area contributed by atoms with E-state index >= 15 is 0 Å². The van der Waals surface area contributed by atoms with Crippen molar-refractivity contribution in [1.29, 1.82) is 5.26 Å². The highest BCUT2D eigenvalue weighted by Crippen LogP contribution is 2.16. The highest BCUT2D eigenvalue weighted by atomic mass is 16.5. The minimum atomic E-state index is -0.462. The van der Waals surface area contributed by atoms with Gasteiger partial charge >= 0.3 is 5.97 Å². The number of rotatable bonds is 8. The molecule has 7 heteroatoms. The monoisotopic (exact) mass is 392 g/mol. The molecule has 0 bridgehead atoms. The third-order valence-corrected chi connectivity index (χ3v) is 4.12. The first-order valence-electron chi connectivity index (χ1n) is 9.35. The molecule has 2 N–H and O–H groups in total. The van der Waals surface area contributed by atoms with Crippen LogP contribution in [0.25, 0.3) is 0 Å². The number of ketones is 1. The van der Waals surface area contributed by atoms with Crippen LogP contribution in [-0.2, 0) is 16.1 Å². The lowest BCUT2D eigenvalue weighted by molar-refractivity contribution is -0.143. The van der Waals surface area contributed by atoms with Gasteiger partial charge in [0.15, 0.2) is 5.78 Å². The second kappa shape index (κ2) is 11.2. The maximum absolute atomic E-state index is 12.5. The minimum Gasteiger partial charge on any atom is -0.466 e. The molecular weight excluding hydrogens is 368 g/mol. The van der Waals surface area contributed by atoms with Gasteiger partial charge in [-0.05, 0) is 36.8 Å². The van der Waals surface area contributed by atoms with Gasteiger partial charge in [-0.1, -0.05) is 37.3 Å². The summed E-state index contributed by atoms with van der Waals surface area (Å²) in [5, 5.41) is 15.0. The molecule has 0 saturated carbocycles. The second-order valence-electron chi connectivity index (χ2n) is 6.38. The quantitative estimate of drug-likeness (QED) is 0.234. The number of guanidine groups is 1. The minimum absolute atomic E-state index is 0.0507. The predicted octanol–water partition coefficient (Wildman–Crippen LogP) is 3.50. The summed E-state index contributed by atoms with van der Waals surface area (Å²) >= 11 is 0. The number of carbonyl (C=O) groups is 2. The Hall–Kier alpha value is -3.66. The van der Waals surface area contributed by atoms with Crippen molar-refractivity contribution in [2.45, 2.75) is 26.8 Å². The molecule has 0 fully saturated rings. The number of esters is 1. The number of aliphatic imine (C=N–C) groups is 1. The molecule has 0 spiro atoms. The zero-order valence-corrected chi connectivity index (χ0v) is 16.5. The summed E-state index contributed by atoms with van der Waals surface area (Å²) in [6.45, 7) is 4.24. The number of anilines is 1. The largest absolute Gasteiger partial charge is 0.466 e. The lowest BCUT2D eigenvalue weighted by Crippen LogP contribution is -2.30. The Morgan fingerprint density at radius 3 is 2.45 bits per heavy atom. The molecule has 0 aliphatic rings. The van der Waals surface area contributed by atoms with Crippen molar-refractivity contribution in [1.82, 2.24) is 5.32 Å². The highest BCUT2D eigenvalue weighted by Gasteiger charge is 2.19. The van der Waals surface area contributed by atoms with Gasteiger partial charge < -0.3 is 15.4 Å². The van der Waals surface area contributed by atoms with Crippen molar-refractivity contribution >= 4 is 23.4 Å². The van der Waals surface area contributed by atoms with Gasteiger partial charge in [-0.25, -0.2) is 0 Å². The average Bonchev–Trinajstić information content (AvgIpc) is 2.73. The number of nitriles is 1. The van der Waals surface area contributed by atoms with E-state index in [0.29, 0.717) is 30.4 Å². The van der Waals surface area contributed by atoms with Crippen molar-refractivity contribution in [3.05, 3.63) is 65.7 Å². The van der Waals surface area contributed by atoms with Gasteiger partial charge in [0.2, 0.25) is 12.2 Å². The number of hydrogen-bond donors (Lipinski definition) is 2. The molecule has 1 atom stereocenters. The maximum Gasteiger partial charge on any atom is 0.306 e. The van der Waals surface area contributed by atoms with Crippen molar-refractivity contribution in [3.63, 3.8) is 0 Å². The van der Waals surface area contributed by atoms with Crippen LogP contribution < -0.4 is 10.6 Å². The number of nitrogens with zero attached hydrogens (tertiary/aromatic N) is 2. The molecule has 0 aliphatic carbocycles. The smallest absolute Gasteiger partial charge is 0.306 e. The topological polar surface area (TPSA) is 104 Å². The van der Waals surface area contributed by atoms with Gasteiger partial charge in [0.05, 0.1) is 13.0 Å². The van der Waals surface area contributed by atoms with E-state index in [1.54, 1.807) is 44.3 Å². The van der Waals surface area contributed by atoms with E-state index in [4.69, 9.17) is 10.00 Å². The Kier molecular flexibility index (Phi) is 8.39. The molecule has 0 saturated heterocycles. The van der Waals surface area contributed by atoms with Crippen molar-refractivity contribution in [2.24, 2.45) is 10.9 Å². The predicted molar refractivity (Wildman–Crippen MR) is 111 cm³/mol. The van der Waals surface area contributed by atoms with E-state index < -0.39 is 5.92 Å². The van der Waals surface area contributed by atoms with E-state index in [0.717, 1.165) is 5.56 Å². The SMILES string of the molecule is CCOC(=O)CC(C)C(=O)c1ccc(NC(=NC#N)NCc2ccccc2)cc1. The van der Waals surface area contributed by atoms with Crippen LogP contribution >= 0.6 is 0 Å². The van der Waals surface area contributed by atoms with Crippen molar-refractivity contribution in [3.8, 4) is 6.19 Å². The first-order valence-corrected chi connectivity index (χ1v) is 9.35. The molecule has 2 aromatic carbocycles. The summed E-state index contributed by atoms with van der Waals surface area (Å²) in [6, 6.07) is 16.5. The molecule has 1 unspecified atom stereocenters. The summed E-state index contributed by atoms with van der Waals surface area (Å²) in [6.07, 6.45) is 1.81. The number of ether oxygens (including phenoxy) is 1. The van der Waals surface area contributed by atoms with Crippen LogP contribution in [0.4, 0.5) is 5.69 Å². The normalized spacial score (nSPS) is 11.8. The summed E-state index contributed by atoms with van der Waals surface area (Å²) < 4.78 is 4.89. The van der Waals surface area contributed by atoms with E-state index in [1.165, 1.54) is 0 Å². The molecule has 0 amide bonds. The first kappa shape index (κ1) is 21.6. The Balaban J connectivity index is 1.97. The number of hydrogen-bond acceptors (Lipinski definition) is 5. The molecule has 7 nitrogen and oxygen atoms in total. The zero-order valence-electron chi connectivity index (χ0n) is 16.5. The average molecular weight is 392 g/mol. The lowest BCUT2D eigenvalue weighted by atomic mass is 9.96. The third kappa shape index (κ3) is 7.11. The van der Waals surface area contributed by atoms with E-state index in [1.807, 2.05) is 30.3 Å². The summed E-state index contributed by atoms with van der Waals surface area (Å²) in [4.78, 5) is 27.8. The van der Waals surface area contributed by atoms with Gasteiger partial charge in [-0.3, -0.25) is 9.59 Å². The van der Waals surface area contributed by atoms with Crippen LogP contribution in [0.3, 0.4) is 0 Å². The fourth-order valence-corrected chi connectivity index (χ4v) is 2.64. The molecule has 2 rings (SSSR count). The fourth-order valence-electron chi connectivity index (χ4n) is 2.64. The molecule has 2 aromatic rings. The van der Waals surface area contributed by atoms with E-state index in [-0.39, 0.29) is 18.2 Å².